The van der Waals surface area contributed by atoms with Crippen molar-refractivity contribution >= 4 is 11.9 Å². The van der Waals surface area contributed by atoms with Gasteiger partial charge in [0.1, 0.15) is 11.3 Å². The maximum absolute atomic E-state index is 12.0. The number of rotatable bonds is 8. The summed E-state index contributed by atoms with van der Waals surface area (Å²) in [6.45, 7) is 1.47. The van der Waals surface area contributed by atoms with Crippen molar-refractivity contribution in [1.82, 2.24) is 5.32 Å². The zero-order valence-electron chi connectivity index (χ0n) is 16.2. The molecule has 0 saturated heterocycles. The second-order valence-corrected chi connectivity index (χ2v) is 5.91. The Balaban J connectivity index is 1.95. The predicted molar refractivity (Wildman–Crippen MR) is 101 cm³/mol. The van der Waals surface area contributed by atoms with E-state index in [1.165, 1.54) is 33.5 Å². The van der Waals surface area contributed by atoms with E-state index in [2.05, 4.69) is 5.32 Å². The van der Waals surface area contributed by atoms with Gasteiger partial charge in [-0.3, -0.25) is 4.79 Å². The Labute approximate surface area is 163 Å². The summed E-state index contributed by atoms with van der Waals surface area (Å²) < 4.78 is 20.7. The number of ether oxygens (including phenoxy) is 4. The van der Waals surface area contributed by atoms with E-state index in [1.54, 1.807) is 25.1 Å². The van der Waals surface area contributed by atoms with E-state index in [-0.39, 0.29) is 17.9 Å². The van der Waals surface area contributed by atoms with Crippen LogP contribution in [0.2, 0.25) is 0 Å². The number of phenols is 1. The SMILES string of the molecule is COc1cc(CNC(=O)COC(=O)c2cc(C)ccc2O)cc(OC)c1OC. The number of nitrogens with one attached hydrogen (secondary N) is 1. The highest BCUT2D eigenvalue weighted by atomic mass is 16.5. The maximum Gasteiger partial charge on any atom is 0.342 e. The third kappa shape index (κ3) is 5.06. The van der Waals surface area contributed by atoms with E-state index < -0.39 is 18.5 Å². The first-order chi connectivity index (χ1) is 13.4. The molecule has 8 heteroatoms. The number of carbonyl (C=O) groups is 2. The first-order valence-corrected chi connectivity index (χ1v) is 8.42. The number of aryl methyl sites for hydroxylation is 1. The molecular formula is C20H23NO7. The van der Waals surface area contributed by atoms with E-state index in [4.69, 9.17) is 18.9 Å². The van der Waals surface area contributed by atoms with Gasteiger partial charge < -0.3 is 29.4 Å². The molecular weight excluding hydrogens is 366 g/mol. The van der Waals surface area contributed by atoms with Crippen LogP contribution in [-0.2, 0) is 16.1 Å². The molecule has 28 heavy (non-hydrogen) atoms. The molecule has 0 aliphatic rings. The van der Waals surface area contributed by atoms with Gasteiger partial charge in [0.15, 0.2) is 18.1 Å². The molecule has 0 aliphatic carbocycles. The zero-order chi connectivity index (χ0) is 20.7. The highest BCUT2D eigenvalue weighted by molar-refractivity contribution is 5.94. The minimum Gasteiger partial charge on any atom is -0.507 e. The van der Waals surface area contributed by atoms with Gasteiger partial charge in [-0.15, -0.1) is 0 Å². The number of aromatic hydroxyl groups is 1. The predicted octanol–water partition coefficient (Wildman–Crippen LogP) is 2.20. The van der Waals surface area contributed by atoms with Crippen molar-refractivity contribution in [3.8, 4) is 23.0 Å². The Morgan fingerprint density at radius 3 is 2.21 bits per heavy atom. The van der Waals surface area contributed by atoms with Crippen LogP contribution in [0.1, 0.15) is 21.5 Å². The molecule has 1 amide bonds. The molecule has 2 aromatic carbocycles. The highest BCUT2D eigenvalue weighted by Gasteiger charge is 2.16. The summed E-state index contributed by atoms with van der Waals surface area (Å²) in [6.07, 6.45) is 0. The molecule has 0 unspecified atom stereocenters. The smallest absolute Gasteiger partial charge is 0.342 e. The number of phenolic OH excluding ortho intramolecular Hbond substituents is 1. The van der Waals surface area contributed by atoms with Crippen molar-refractivity contribution < 1.29 is 33.6 Å². The van der Waals surface area contributed by atoms with E-state index in [1.807, 2.05) is 0 Å². The summed E-state index contributed by atoms with van der Waals surface area (Å²) in [6, 6.07) is 7.97. The minimum atomic E-state index is -0.774. The van der Waals surface area contributed by atoms with Gasteiger partial charge in [-0.2, -0.15) is 0 Å². The fourth-order valence-corrected chi connectivity index (χ4v) is 2.51. The van der Waals surface area contributed by atoms with Gasteiger partial charge in [0.25, 0.3) is 5.91 Å². The number of carbonyl (C=O) groups excluding carboxylic acids is 2. The average molecular weight is 389 g/mol. The molecule has 2 aromatic rings. The second-order valence-electron chi connectivity index (χ2n) is 5.91. The van der Waals surface area contributed by atoms with E-state index in [0.717, 1.165) is 5.56 Å². The molecule has 0 spiro atoms. The van der Waals surface area contributed by atoms with Crippen LogP contribution < -0.4 is 19.5 Å². The lowest BCUT2D eigenvalue weighted by Crippen LogP contribution is -2.28. The second kappa shape index (κ2) is 9.50. The van der Waals surface area contributed by atoms with Crippen LogP contribution in [0.5, 0.6) is 23.0 Å². The molecule has 0 aliphatic heterocycles. The largest absolute Gasteiger partial charge is 0.507 e. The Hall–Kier alpha value is -3.42. The number of hydrogen-bond donors (Lipinski definition) is 2. The van der Waals surface area contributed by atoms with Crippen LogP contribution >= 0.6 is 0 Å². The lowest BCUT2D eigenvalue weighted by Gasteiger charge is -2.14. The summed E-state index contributed by atoms with van der Waals surface area (Å²) in [5.41, 5.74) is 1.51. The fourth-order valence-electron chi connectivity index (χ4n) is 2.51. The standard InChI is InChI=1S/C20H23NO7/c1-12-5-6-15(22)14(7-12)20(24)28-11-18(23)21-10-13-8-16(25-2)19(27-4)17(9-13)26-3/h5-9,22H,10-11H2,1-4H3,(H,21,23). The van der Waals surface area contributed by atoms with Gasteiger partial charge in [0.05, 0.1) is 21.3 Å². The summed E-state index contributed by atoms with van der Waals surface area (Å²) >= 11 is 0. The molecule has 0 bridgehead atoms. The van der Waals surface area contributed by atoms with Gasteiger partial charge in [-0.05, 0) is 36.8 Å². The van der Waals surface area contributed by atoms with Crippen LogP contribution in [0.3, 0.4) is 0 Å². The third-order valence-electron chi connectivity index (χ3n) is 3.92. The van der Waals surface area contributed by atoms with Crippen molar-refractivity contribution in [1.29, 1.82) is 0 Å². The average Bonchev–Trinajstić information content (AvgIpc) is 2.71. The van der Waals surface area contributed by atoms with Gasteiger partial charge in [-0.25, -0.2) is 4.79 Å². The van der Waals surface area contributed by atoms with Crippen LogP contribution in [-0.4, -0.2) is 44.9 Å². The Morgan fingerprint density at radius 2 is 1.64 bits per heavy atom. The van der Waals surface area contributed by atoms with Crippen molar-refractivity contribution in [3.05, 3.63) is 47.0 Å². The molecule has 8 nitrogen and oxygen atoms in total. The normalized spacial score (nSPS) is 10.1. The van der Waals surface area contributed by atoms with Crippen molar-refractivity contribution in [2.24, 2.45) is 0 Å². The lowest BCUT2D eigenvalue weighted by atomic mass is 10.1. The summed E-state index contributed by atoms with van der Waals surface area (Å²) in [4.78, 5) is 24.0. The first-order valence-electron chi connectivity index (χ1n) is 8.42. The summed E-state index contributed by atoms with van der Waals surface area (Å²) in [5.74, 6) is -0.0846. The Kier molecular flexibility index (Phi) is 7.08. The van der Waals surface area contributed by atoms with Gasteiger partial charge in [0, 0.05) is 6.54 Å². The number of benzene rings is 2. The third-order valence-corrected chi connectivity index (χ3v) is 3.92. The molecule has 0 fully saturated rings. The van der Waals surface area contributed by atoms with Gasteiger partial charge in [0.2, 0.25) is 5.75 Å². The molecule has 2 rings (SSSR count). The summed E-state index contributed by atoms with van der Waals surface area (Å²) in [7, 11) is 4.50. The topological polar surface area (TPSA) is 103 Å². The van der Waals surface area contributed by atoms with Crippen LogP contribution in [0, 0.1) is 6.92 Å². The Morgan fingerprint density at radius 1 is 1.00 bits per heavy atom. The fraction of sp³-hybridized carbons (Fsp3) is 0.300. The van der Waals surface area contributed by atoms with Crippen LogP contribution in [0.25, 0.3) is 0 Å². The molecule has 2 N–H and O–H groups in total. The quantitative estimate of drug-likeness (QED) is 0.667. The lowest BCUT2D eigenvalue weighted by molar-refractivity contribution is -0.124. The van der Waals surface area contributed by atoms with Crippen LogP contribution in [0.15, 0.2) is 30.3 Å². The molecule has 0 saturated carbocycles. The highest BCUT2D eigenvalue weighted by Crippen LogP contribution is 2.38. The number of amides is 1. The summed E-state index contributed by atoms with van der Waals surface area (Å²) in [5, 5.41) is 12.4. The van der Waals surface area contributed by atoms with Crippen LogP contribution in [0.4, 0.5) is 0 Å². The van der Waals surface area contributed by atoms with Crippen molar-refractivity contribution in [2.45, 2.75) is 13.5 Å². The molecule has 0 atom stereocenters. The Bertz CT molecular complexity index is 839. The monoisotopic (exact) mass is 389 g/mol. The molecule has 0 heterocycles. The van der Waals surface area contributed by atoms with Gasteiger partial charge in [-0.1, -0.05) is 11.6 Å². The number of hydrogen-bond acceptors (Lipinski definition) is 7. The first kappa shape index (κ1) is 20.9. The van der Waals surface area contributed by atoms with E-state index in [0.29, 0.717) is 22.8 Å². The van der Waals surface area contributed by atoms with E-state index in [9.17, 15) is 14.7 Å². The molecule has 0 aromatic heterocycles. The minimum absolute atomic E-state index is 0.0115. The number of esters is 1. The van der Waals surface area contributed by atoms with Gasteiger partial charge >= 0.3 is 5.97 Å². The van der Waals surface area contributed by atoms with Crippen molar-refractivity contribution in [3.63, 3.8) is 0 Å². The van der Waals surface area contributed by atoms with Crippen molar-refractivity contribution in [2.75, 3.05) is 27.9 Å². The molecule has 0 radical (unpaired) electrons. The maximum atomic E-state index is 12.0. The zero-order valence-corrected chi connectivity index (χ0v) is 16.2. The number of methoxy groups -OCH3 is 3. The molecule has 150 valence electrons. The van der Waals surface area contributed by atoms with E-state index >= 15 is 0 Å².